The van der Waals surface area contributed by atoms with E-state index in [-0.39, 0.29) is 12.5 Å². The van der Waals surface area contributed by atoms with Gasteiger partial charge in [-0.3, -0.25) is 4.79 Å². The molecule has 5 heteroatoms. The fourth-order valence-corrected chi connectivity index (χ4v) is 2.35. The number of nitrogens with one attached hydrogen (secondary N) is 1. The molecule has 0 fully saturated rings. The lowest BCUT2D eigenvalue weighted by molar-refractivity contribution is -0.117. The largest absolute Gasteiger partial charge is 0.388 e. The number of aliphatic hydroxyl groups is 1. The highest BCUT2D eigenvalue weighted by Crippen LogP contribution is 2.22. The molecule has 100 valence electrons. The van der Waals surface area contributed by atoms with Gasteiger partial charge >= 0.3 is 0 Å². The molecule has 0 aliphatic heterocycles. The maximum Gasteiger partial charge on any atom is 0.244 e. The normalized spacial score (nSPS) is 12.0. The molecule has 1 heterocycles. The summed E-state index contributed by atoms with van der Waals surface area (Å²) in [6.45, 7) is 4.08. The Balaban J connectivity index is 2.45. The molecule has 0 bridgehead atoms. The van der Waals surface area contributed by atoms with Crippen LogP contribution in [0, 0.1) is 0 Å². The molecule has 0 atom stereocenters. The van der Waals surface area contributed by atoms with Crippen LogP contribution >= 0.6 is 22.9 Å². The number of carbonyl (C=O) groups excluding carboxylic acids is 1. The minimum absolute atomic E-state index is 0.208. The average Bonchev–Trinajstić information content (AvgIpc) is 2.79. The fraction of sp³-hybridized carbons (Fsp3) is 0.462. The van der Waals surface area contributed by atoms with E-state index in [9.17, 15) is 9.90 Å². The molecule has 1 aromatic heterocycles. The monoisotopic (exact) mass is 287 g/mol. The quantitative estimate of drug-likeness (QED) is 0.790. The Morgan fingerprint density at radius 3 is 2.67 bits per heavy atom. The van der Waals surface area contributed by atoms with Crippen molar-refractivity contribution in [3.05, 3.63) is 27.4 Å². The van der Waals surface area contributed by atoms with Gasteiger partial charge in [0.25, 0.3) is 0 Å². The van der Waals surface area contributed by atoms with E-state index in [1.54, 1.807) is 12.1 Å². The number of hydrogen-bond donors (Lipinski definition) is 2. The summed E-state index contributed by atoms with van der Waals surface area (Å²) in [5.74, 6) is -0.208. The van der Waals surface area contributed by atoms with E-state index >= 15 is 0 Å². The Bertz CT molecular complexity index is 424. The topological polar surface area (TPSA) is 49.3 Å². The lowest BCUT2D eigenvalue weighted by atomic mass is 9.98. The number of halogens is 1. The molecule has 0 aliphatic carbocycles. The zero-order valence-electron chi connectivity index (χ0n) is 10.6. The van der Waals surface area contributed by atoms with Crippen LogP contribution < -0.4 is 5.32 Å². The van der Waals surface area contributed by atoms with Gasteiger partial charge in [-0.1, -0.05) is 25.4 Å². The van der Waals surface area contributed by atoms with Crippen molar-refractivity contribution in [2.24, 2.45) is 0 Å². The SMILES string of the molecule is CCC(O)(CC)CNC(=O)C=Cc1ccc(Cl)s1. The minimum atomic E-state index is -0.810. The van der Waals surface area contributed by atoms with Crippen LogP contribution in [0.4, 0.5) is 0 Å². The van der Waals surface area contributed by atoms with Crippen molar-refractivity contribution in [1.82, 2.24) is 5.32 Å². The van der Waals surface area contributed by atoms with E-state index < -0.39 is 5.60 Å². The molecule has 1 rings (SSSR count). The van der Waals surface area contributed by atoms with E-state index in [1.165, 1.54) is 17.4 Å². The van der Waals surface area contributed by atoms with Crippen molar-refractivity contribution in [2.75, 3.05) is 6.54 Å². The van der Waals surface area contributed by atoms with E-state index in [1.807, 2.05) is 19.9 Å². The third-order valence-electron chi connectivity index (χ3n) is 2.90. The molecule has 1 amide bonds. The predicted molar refractivity (Wildman–Crippen MR) is 76.9 cm³/mol. The highest BCUT2D eigenvalue weighted by atomic mass is 35.5. The first kappa shape index (κ1) is 15.2. The second-order valence-electron chi connectivity index (χ2n) is 4.12. The van der Waals surface area contributed by atoms with Crippen LogP contribution in [0.5, 0.6) is 0 Å². The number of amides is 1. The van der Waals surface area contributed by atoms with Crippen molar-refractivity contribution in [2.45, 2.75) is 32.3 Å². The molecule has 3 nitrogen and oxygen atoms in total. The maximum absolute atomic E-state index is 11.6. The molecule has 2 N–H and O–H groups in total. The van der Waals surface area contributed by atoms with Gasteiger partial charge in [0.2, 0.25) is 5.91 Å². The summed E-state index contributed by atoms with van der Waals surface area (Å²) in [5.41, 5.74) is -0.810. The van der Waals surface area contributed by atoms with Crippen molar-refractivity contribution in [3.8, 4) is 0 Å². The zero-order chi connectivity index (χ0) is 13.6. The van der Waals surface area contributed by atoms with Crippen molar-refractivity contribution < 1.29 is 9.90 Å². The molecule has 0 saturated carbocycles. The first-order valence-corrected chi connectivity index (χ1v) is 7.12. The fourth-order valence-electron chi connectivity index (χ4n) is 1.39. The van der Waals surface area contributed by atoms with Crippen molar-refractivity contribution in [3.63, 3.8) is 0 Å². The van der Waals surface area contributed by atoms with Crippen LogP contribution in [0.15, 0.2) is 18.2 Å². The summed E-state index contributed by atoms with van der Waals surface area (Å²) >= 11 is 7.20. The van der Waals surface area contributed by atoms with Gasteiger partial charge < -0.3 is 10.4 Å². The summed E-state index contributed by atoms with van der Waals surface area (Å²) in [6, 6.07) is 3.64. The summed E-state index contributed by atoms with van der Waals surface area (Å²) in [7, 11) is 0. The molecular weight excluding hydrogens is 270 g/mol. The molecule has 0 unspecified atom stereocenters. The Morgan fingerprint density at radius 2 is 2.17 bits per heavy atom. The molecule has 18 heavy (non-hydrogen) atoms. The van der Waals surface area contributed by atoms with Gasteiger partial charge in [0, 0.05) is 17.5 Å². The Kier molecular flexibility index (Phi) is 5.85. The standard InChI is InChI=1S/C13H18ClNO2S/c1-3-13(17,4-2)9-15-12(16)8-6-10-5-7-11(14)18-10/h5-8,17H,3-4,9H2,1-2H3,(H,15,16). The predicted octanol–water partition coefficient (Wildman–Crippen LogP) is 3.08. The van der Waals surface area contributed by atoms with Gasteiger partial charge in [0.05, 0.1) is 9.94 Å². The average molecular weight is 288 g/mol. The van der Waals surface area contributed by atoms with E-state index in [0.717, 1.165) is 4.88 Å². The number of carbonyl (C=O) groups is 1. The number of hydrogen-bond acceptors (Lipinski definition) is 3. The van der Waals surface area contributed by atoms with Crippen LogP contribution in [0.25, 0.3) is 6.08 Å². The Morgan fingerprint density at radius 1 is 1.50 bits per heavy atom. The summed E-state index contributed by atoms with van der Waals surface area (Å²) < 4.78 is 0.696. The first-order chi connectivity index (χ1) is 8.49. The molecule has 0 aliphatic rings. The van der Waals surface area contributed by atoms with Crippen molar-refractivity contribution >= 4 is 34.9 Å². The Labute approximate surface area is 116 Å². The number of thiophene rings is 1. The van der Waals surface area contributed by atoms with Crippen LogP contribution in [-0.4, -0.2) is 23.2 Å². The van der Waals surface area contributed by atoms with Gasteiger partial charge in [-0.15, -0.1) is 11.3 Å². The van der Waals surface area contributed by atoms with E-state index in [2.05, 4.69) is 5.32 Å². The second-order valence-corrected chi connectivity index (χ2v) is 5.87. The summed E-state index contributed by atoms with van der Waals surface area (Å²) in [6.07, 6.45) is 4.40. The van der Waals surface area contributed by atoms with E-state index in [4.69, 9.17) is 11.6 Å². The van der Waals surface area contributed by atoms with Gasteiger partial charge in [-0.2, -0.15) is 0 Å². The lowest BCUT2D eigenvalue weighted by Gasteiger charge is -2.24. The first-order valence-electron chi connectivity index (χ1n) is 5.92. The maximum atomic E-state index is 11.6. The smallest absolute Gasteiger partial charge is 0.244 e. The third kappa shape index (κ3) is 4.80. The molecular formula is C13H18ClNO2S. The third-order valence-corrected chi connectivity index (χ3v) is 4.10. The van der Waals surface area contributed by atoms with Crippen molar-refractivity contribution in [1.29, 1.82) is 0 Å². The second kappa shape index (κ2) is 6.92. The number of rotatable bonds is 6. The van der Waals surface area contributed by atoms with Gasteiger partial charge in [0.15, 0.2) is 0 Å². The van der Waals surface area contributed by atoms with Crippen LogP contribution in [0.1, 0.15) is 31.6 Å². The van der Waals surface area contributed by atoms with Gasteiger partial charge in [-0.25, -0.2) is 0 Å². The molecule has 1 aromatic rings. The van der Waals surface area contributed by atoms with Crippen LogP contribution in [0.3, 0.4) is 0 Å². The zero-order valence-corrected chi connectivity index (χ0v) is 12.1. The summed E-state index contributed by atoms with van der Waals surface area (Å²) in [5, 5.41) is 12.7. The molecule has 0 spiro atoms. The van der Waals surface area contributed by atoms with Crippen LogP contribution in [-0.2, 0) is 4.79 Å². The summed E-state index contributed by atoms with van der Waals surface area (Å²) in [4.78, 5) is 12.5. The molecule has 0 radical (unpaired) electrons. The lowest BCUT2D eigenvalue weighted by Crippen LogP contribution is -2.41. The van der Waals surface area contributed by atoms with Gasteiger partial charge in [-0.05, 0) is 31.1 Å². The Hall–Kier alpha value is -0.840. The highest BCUT2D eigenvalue weighted by Gasteiger charge is 2.22. The highest BCUT2D eigenvalue weighted by molar-refractivity contribution is 7.17. The molecule has 0 saturated heterocycles. The van der Waals surface area contributed by atoms with Gasteiger partial charge in [0.1, 0.15) is 0 Å². The van der Waals surface area contributed by atoms with E-state index in [0.29, 0.717) is 17.2 Å². The van der Waals surface area contributed by atoms with Crippen LogP contribution in [0.2, 0.25) is 4.34 Å². The minimum Gasteiger partial charge on any atom is -0.388 e. The molecule has 0 aromatic carbocycles.